The molecule has 0 bridgehead atoms. The summed E-state index contributed by atoms with van der Waals surface area (Å²) in [6, 6.07) is 23.9. The van der Waals surface area contributed by atoms with Crippen LogP contribution >= 0.6 is 0 Å². The van der Waals surface area contributed by atoms with Gasteiger partial charge in [0.2, 0.25) is 0 Å². The van der Waals surface area contributed by atoms with E-state index in [-0.39, 0.29) is 17.6 Å². The summed E-state index contributed by atoms with van der Waals surface area (Å²) < 4.78 is 5.78. The molecular weight excluding hydrogens is 400 g/mol. The molecule has 160 valence electrons. The highest BCUT2D eigenvalue weighted by atomic mass is 16.3. The fourth-order valence-corrected chi connectivity index (χ4v) is 3.40. The average Bonchev–Trinajstić information content (AvgIpc) is 3.27. The molecule has 0 saturated carbocycles. The lowest BCUT2D eigenvalue weighted by Crippen LogP contribution is -2.14. The van der Waals surface area contributed by atoms with E-state index in [4.69, 9.17) is 4.42 Å². The van der Waals surface area contributed by atoms with Gasteiger partial charge in [-0.15, -0.1) is 0 Å². The molecule has 1 aromatic heterocycles. The summed E-state index contributed by atoms with van der Waals surface area (Å²) in [7, 11) is 0. The molecule has 3 aromatic carbocycles. The molecule has 0 saturated heterocycles. The molecule has 0 fully saturated rings. The Morgan fingerprint density at radius 3 is 2.09 bits per heavy atom. The van der Waals surface area contributed by atoms with Crippen LogP contribution in [0, 0.1) is 20.8 Å². The Hall–Kier alpha value is -4.12. The number of hydrogen-bond donors (Lipinski definition) is 2. The monoisotopic (exact) mass is 424 g/mol. The van der Waals surface area contributed by atoms with Gasteiger partial charge in [-0.2, -0.15) is 0 Å². The minimum atomic E-state index is -0.359. The maximum atomic E-state index is 12.7. The van der Waals surface area contributed by atoms with Gasteiger partial charge in [0, 0.05) is 22.5 Å². The Morgan fingerprint density at radius 2 is 1.38 bits per heavy atom. The minimum Gasteiger partial charge on any atom is -0.451 e. The first-order valence-corrected chi connectivity index (χ1v) is 10.4. The van der Waals surface area contributed by atoms with Crippen molar-refractivity contribution in [3.05, 3.63) is 107 Å². The number of nitrogens with one attached hydrogen (secondary N) is 2. The number of benzene rings is 3. The lowest BCUT2D eigenvalue weighted by Gasteiger charge is -2.09. The van der Waals surface area contributed by atoms with Gasteiger partial charge in [0.25, 0.3) is 11.8 Å². The Kier molecular flexibility index (Phi) is 5.90. The predicted octanol–water partition coefficient (Wildman–Crippen LogP) is 6.38. The second-order valence-corrected chi connectivity index (χ2v) is 7.77. The number of amides is 2. The van der Waals surface area contributed by atoms with Crippen LogP contribution in [0.5, 0.6) is 0 Å². The Balaban J connectivity index is 1.46. The first-order valence-electron chi connectivity index (χ1n) is 10.4. The zero-order valence-electron chi connectivity index (χ0n) is 18.2. The van der Waals surface area contributed by atoms with Crippen LogP contribution in [0.3, 0.4) is 0 Å². The maximum absolute atomic E-state index is 12.7. The lowest BCUT2D eigenvalue weighted by molar-refractivity contribution is 0.0995. The van der Waals surface area contributed by atoms with Crippen LogP contribution in [0.2, 0.25) is 0 Å². The molecule has 0 unspecified atom stereocenters. The van der Waals surface area contributed by atoms with Crippen molar-refractivity contribution >= 4 is 23.2 Å². The van der Waals surface area contributed by atoms with Gasteiger partial charge in [0.15, 0.2) is 5.76 Å². The maximum Gasteiger partial charge on any atom is 0.291 e. The van der Waals surface area contributed by atoms with Gasteiger partial charge in [0.05, 0.1) is 0 Å². The highest BCUT2D eigenvalue weighted by molar-refractivity contribution is 6.06. The van der Waals surface area contributed by atoms with Crippen LogP contribution in [-0.2, 0) is 0 Å². The zero-order valence-corrected chi connectivity index (χ0v) is 18.2. The predicted molar refractivity (Wildman–Crippen MR) is 127 cm³/mol. The van der Waals surface area contributed by atoms with E-state index in [1.165, 1.54) is 5.56 Å². The van der Waals surface area contributed by atoms with Crippen LogP contribution < -0.4 is 10.6 Å². The molecule has 0 atom stereocenters. The summed E-state index contributed by atoms with van der Waals surface area (Å²) in [5, 5.41) is 5.70. The van der Waals surface area contributed by atoms with Crippen molar-refractivity contribution in [2.24, 2.45) is 0 Å². The van der Waals surface area contributed by atoms with E-state index in [0.29, 0.717) is 22.7 Å². The molecule has 4 aromatic rings. The normalized spacial score (nSPS) is 10.6. The summed E-state index contributed by atoms with van der Waals surface area (Å²) in [6.07, 6.45) is 0. The molecule has 0 aliphatic carbocycles. The van der Waals surface area contributed by atoms with Gasteiger partial charge in [0.1, 0.15) is 5.76 Å². The van der Waals surface area contributed by atoms with E-state index in [1.54, 1.807) is 42.5 Å². The molecule has 2 amide bonds. The molecule has 0 aliphatic heterocycles. The van der Waals surface area contributed by atoms with Crippen molar-refractivity contribution in [3.63, 3.8) is 0 Å². The van der Waals surface area contributed by atoms with E-state index >= 15 is 0 Å². The quantitative estimate of drug-likeness (QED) is 0.391. The van der Waals surface area contributed by atoms with Crippen molar-refractivity contribution in [1.82, 2.24) is 0 Å². The topological polar surface area (TPSA) is 71.3 Å². The smallest absolute Gasteiger partial charge is 0.291 e. The van der Waals surface area contributed by atoms with Crippen molar-refractivity contribution in [1.29, 1.82) is 0 Å². The highest BCUT2D eigenvalue weighted by Gasteiger charge is 2.14. The third-order valence-electron chi connectivity index (χ3n) is 5.39. The van der Waals surface area contributed by atoms with Crippen LogP contribution in [0.1, 0.15) is 37.6 Å². The fourth-order valence-electron chi connectivity index (χ4n) is 3.40. The third kappa shape index (κ3) is 4.62. The highest BCUT2D eigenvalue weighted by Crippen LogP contribution is 2.25. The van der Waals surface area contributed by atoms with Crippen molar-refractivity contribution in [2.75, 3.05) is 10.6 Å². The number of hydrogen-bond acceptors (Lipinski definition) is 3. The zero-order chi connectivity index (χ0) is 22.7. The molecule has 32 heavy (non-hydrogen) atoms. The number of anilines is 2. The molecule has 5 heteroatoms. The number of carbonyl (C=O) groups is 2. The largest absolute Gasteiger partial charge is 0.451 e. The van der Waals surface area contributed by atoms with Crippen LogP contribution in [0.15, 0.2) is 83.3 Å². The van der Waals surface area contributed by atoms with Gasteiger partial charge >= 0.3 is 0 Å². The second-order valence-electron chi connectivity index (χ2n) is 7.77. The molecular formula is C27H24N2O3. The first kappa shape index (κ1) is 21.1. The van der Waals surface area contributed by atoms with Crippen LogP contribution in [0.4, 0.5) is 11.4 Å². The fraction of sp³-hybridized carbons (Fsp3) is 0.111. The van der Waals surface area contributed by atoms with E-state index in [1.807, 2.05) is 50.2 Å². The second kappa shape index (κ2) is 8.94. The standard InChI is InChI=1S/C27H24N2O3/c1-17-11-12-20(15-19(17)3)24-13-14-25(32-24)27(31)29-22-9-6-8-21(16-22)28-26(30)23-10-5-4-7-18(23)2/h4-16H,1-3H3,(H,28,30)(H,29,31). The van der Waals surface area contributed by atoms with Crippen molar-refractivity contribution in [3.8, 4) is 11.3 Å². The van der Waals surface area contributed by atoms with Gasteiger partial charge < -0.3 is 15.1 Å². The summed E-state index contributed by atoms with van der Waals surface area (Å²) in [5.41, 5.74) is 5.94. The first-order chi connectivity index (χ1) is 15.4. The molecule has 0 radical (unpaired) electrons. The van der Waals surface area contributed by atoms with Gasteiger partial charge in [-0.3, -0.25) is 9.59 Å². The minimum absolute atomic E-state index is 0.198. The van der Waals surface area contributed by atoms with Gasteiger partial charge in [-0.25, -0.2) is 0 Å². The molecule has 2 N–H and O–H groups in total. The number of furan rings is 1. The van der Waals surface area contributed by atoms with E-state index in [2.05, 4.69) is 17.6 Å². The Labute approximate surface area is 187 Å². The summed E-state index contributed by atoms with van der Waals surface area (Å²) in [5.74, 6) is 0.295. The van der Waals surface area contributed by atoms with E-state index < -0.39 is 0 Å². The molecule has 5 nitrogen and oxygen atoms in total. The SMILES string of the molecule is Cc1ccc(-c2ccc(C(=O)Nc3cccc(NC(=O)c4ccccc4C)c3)o2)cc1C. The van der Waals surface area contributed by atoms with Crippen molar-refractivity contribution < 1.29 is 14.0 Å². The van der Waals surface area contributed by atoms with E-state index in [0.717, 1.165) is 16.7 Å². The van der Waals surface area contributed by atoms with Crippen LogP contribution in [0.25, 0.3) is 11.3 Å². The molecule has 0 aliphatic rings. The Bertz CT molecular complexity index is 1300. The van der Waals surface area contributed by atoms with Crippen molar-refractivity contribution in [2.45, 2.75) is 20.8 Å². The van der Waals surface area contributed by atoms with Gasteiger partial charge in [-0.05, 0) is 79.9 Å². The van der Waals surface area contributed by atoms with E-state index in [9.17, 15) is 9.59 Å². The van der Waals surface area contributed by atoms with Gasteiger partial charge in [-0.1, -0.05) is 36.4 Å². The summed E-state index contributed by atoms with van der Waals surface area (Å²) in [4.78, 5) is 25.2. The molecule has 1 heterocycles. The molecule has 0 spiro atoms. The number of rotatable bonds is 5. The van der Waals surface area contributed by atoms with Crippen LogP contribution in [-0.4, -0.2) is 11.8 Å². The summed E-state index contributed by atoms with van der Waals surface area (Å²) >= 11 is 0. The third-order valence-corrected chi connectivity index (χ3v) is 5.39. The molecule has 4 rings (SSSR count). The summed E-state index contributed by atoms with van der Waals surface area (Å²) in [6.45, 7) is 5.99. The lowest BCUT2D eigenvalue weighted by atomic mass is 10.1. The number of aryl methyl sites for hydroxylation is 3. The number of carbonyl (C=O) groups excluding carboxylic acids is 2. The Morgan fingerprint density at radius 1 is 0.656 bits per heavy atom. The average molecular weight is 425 g/mol.